The van der Waals surface area contributed by atoms with Crippen LogP contribution in [-0.4, -0.2) is 43.6 Å². The lowest BCUT2D eigenvalue weighted by molar-refractivity contribution is -0.155. The maximum absolute atomic E-state index is 12.6. The molecule has 0 aliphatic carbocycles. The molecule has 2 heterocycles. The van der Waals surface area contributed by atoms with E-state index in [1.54, 1.807) is 41.4 Å². The highest BCUT2D eigenvalue weighted by Gasteiger charge is 2.27. The second kappa shape index (κ2) is 9.33. The third kappa shape index (κ3) is 4.92. The Hall–Kier alpha value is -2.51. The number of thiophene rings is 1. The first kappa shape index (κ1) is 21.2. The third-order valence-electron chi connectivity index (χ3n) is 4.63. The lowest BCUT2D eigenvalue weighted by Gasteiger charge is -2.29. The molecule has 0 spiro atoms. The maximum atomic E-state index is 12.6. The molecule has 0 saturated heterocycles. The molecular formula is C21H22ClNO5S. The Kier molecular flexibility index (Phi) is 6.82. The largest absolute Gasteiger partial charge is 0.493 e. The Labute approximate surface area is 178 Å². The van der Waals surface area contributed by atoms with Gasteiger partial charge in [-0.1, -0.05) is 11.6 Å². The number of fused-ring (bicyclic) bond motifs is 1. The van der Waals surface area contributed by atoms with E-state index in [1.165, 1.54) is 30.7 Å². The van der Waals surface area contributed by atoms with Crippen LogP contribution in [0.25, 0.3) is 6.08 Å². The number of nitrogens with zero attached hydrogens (tertiary/aromatic N) is 1. The Morgan fingerprint density at radius 3 is 2.79 bits per heavy atom. The molecule has 2 aromatic rings. The molecule has 1 amide bonds. The maximum Gasteiger partial charge on any atom is 0.331 e. The zero-order valence-corrected chi connectivity index (χ0v) is 18.0. The van der Waals surface area contributed by atoms with Gasteiger partial charge < -0.3 is 19.1 Å². The van der Waals surface area contributed by atoms with Gasteiger partial charge in [-0.25, -0.2) is 4.79 Å². The number of hydrogen-bond acceptors (Lipinski definition) is 6. The fourth-order valence-electron chi connectivity index (χ4n) is 3.16. The summed E-state index contributed by atoms with van der Waals surface area (Å²) in [5.41, 5.74) is 1.81. The van der Waals surface area contributed by atoms with Crippen molar-refractivity contribution < 1.29 is 23.8 Å². The van der Waals surface area contributed by atoms with E-state index >= 15 is 0 Å². The van der Waals surface area contributed by atoms with Gasteiger partial charge in [0.1, 0.15) is 0 Å². The Bertz CT molecular complexity index is 939. The summed E-state index contributed by atoms with van der Waals surface area (Å²) in [7, 11) is 3.00. The Morgan fingerprint density at radius 1 is 1.28 bits per heavy atom. The molecule has 1 atom stereocenters. The molecule has 0 radical (unpaired) electrons. The minimum atomic E-state index is -0.860. The van der Waals surface area contributed by atoms with Crippen molar-refractivity contribution in [1.29, 1.82) is 0 Å². The molecule has 1 aliphatic rings. The van der Waals surface area contributed by atoms with Crippen LogP contribution in [0.1, 0.15) is 22.9 Å². The van der Waals surface area contributed by atoms with Gasteiger partial charge in [-0.15, -0.1) is 11.3 Å². The third-order valence-corrected chi connectivity index (χ3v) is 5.93. The number of ether oxygens (including phenoxy) is 3. The molecule has 1 aliphatic heterocycles. The van der Waals surface area contributed by atoms with Crippen molar-refractivity contribution in [3.8, 4) is 11.5 Å². The summed E-state index contributed by atoms with van der Waals surface area (Å²) in [5.74, 6) is 0.0700. The number of amides is 1. The summed E-state index contributed by atoms with van der Waals surface area (Å²) in [6.07, 6.45) is 2.78. The minimum Gasteiger partial charge on any atom is -0.493 e. The second-order valence-corrected chi connectivity index (χ2v) is 7.94. The van der Waals surface area contributed by atoms with Crippen LogP contribution in [0.4, 0.5) is 0 Å². The van der Waals surface area contributed by atoms with Crippen molar-refractivity contribution in [2.45, 2.75) is 26.0 Å². The summed E-state index contributed by atoms with van der Waals surface area (Å²) in [6.45, 7) is 2.78. The monoisotopic (exact) mass is 435 g/mol. The molecule has 0 saturated carbocycles. The van der Waals surface area contributed by atoms with Gasteiger partial charge in [0, 0.05) is 24.0 Å². The molecule has 1 unspecified atom stereocenters. The molecule has 3 rings (SSSR count). The SMILES string of the molecule is COc1cc(/C=C/C(=O)OC(C)C(=O)N2CCc3sccc3C2)cc(Cl)c1OC. The number of carbonyl (C=O) groups excluding carboxylic acids is 2. The summed E-state index contributed by atoms with van der Waals surface area (Å²) in [4.78, 5) is 27.8. The number of benzene rings is 1. The first-order valence-electron chi connectivity index (χ1n) is 9.07. The number of rotatable bonds is 6. The summed E-state index contributed by atoms with van der Waals surface area (Å²) < 4.78 is 15.7. The number of carbonyl (C=O) groups is 2. The van der Waals surface area contributed by atoms with Crippen LogP contribution in [0.2, 0.25) is 5.02 Å². The first-order chi connectivity index (χ1) is 13.9. The average Bonchev–Trinajstić information content (AvgIpc) is 3.18. The highest BCUT2D eigenvalue weighted by atomic mass is 35.5. The lowest BCUT2D eigenvalue weighted by atomic mass is 10.1. The average molecular weight is 436 g/mol. The van der Waals surface area contributed by atoms with Gasteiger partial charge in [-0.05, 0) is 54.1 Å². The Balaban J connectivity index is 1.60. The predicted molar refractivity (Wildman–Crippen MR) is 113 cm³/mol. The van der Waals surface area contributed by atoms with Crippen LogP contribution < -0.4 is 9.47 Å². The van der Waals surface area contributed by atoms with Crippen molar-refractivity contribution in [2.75, 3.05) is 20.8 Å². The molecule has 1 aromatic carbocycles. The van der Waals surface area contributed by atoms with Crippen molar-refractivity contribution in [3.63, 3.8) is 0 Å². The van der Waals surface area contributed by atoms with E-state index < -0.39 is 12.1 Å². The van der Waals surface area contributed by atoms with E-state index in [4.69, 9.17) is 25.8 Å². The standard InChI is InChI=1S/C21H22ClNO5S/c1-13(21(25)23-8-6-18-15(12-23)7-9-29-18)28-19(24)5-4-14-10-16(22)20(27-3)17(11-14)26-2/h4-5,7,9-11,13H,6,8,12H2,1-3H3/b5-4+. The quantitative estimate of drug-likeness (QED) is 0.507. The fraction of sp³-hybridized carbons (Fsp3) is 0.333. The van der Waals surface area contributed by atoms with Gasteiger partial charge >= 0.3 is 5.97 Å². The van der Waals surface area contributed by atoms with E-state index in [-0.39, 0.29) is 5.91 Å². The molecule has 154 valence electrons. The molecule has 0 fully saturated rings. The highest BCUT2D eigenvalue weighted by molar-refractivity contribution is 7.10. The van der Waals surface area contributed by atoms with Crippen molar-refractivity contribution >= 4 is 40.9 Å². The fourth-order valence-corrected chi connectivity index (χ4v) is 4.34. The lowest BCUT2D eigenvalue weighted by Crippen LogP contribution is -2.42. The van der Waals surface area contributed by atoms with E-state index in [0.29, 0.717) is 35.2 Å². The molecule has 0 bridgehead atoms. The summed E-state index contributed by atoms with van der Waals surface area (Å²) in [5, 5.41) is 2.40. The number of methoxy groups -OCH3 is 2. The van der Waals surface area contributed by atoms with Gasteiger partial charge in [0.15, 0.2) is 17.6 Å². The predicted octanol–water partition coefficient (Wildman–Crippen LogP) is 3.95. The molecule has 29 heavy (non-hydrogen) atoms. The first-order valence-corrected chi connectivity index (χ1v) is 10.3. The van der Waals surface area contributed by atoms with Crippen molar-refractivity contribution in [1.82, 2.24) is 4.90 Å². The van der Waals surface area contributed by atoms with E-state index in [9.17, 15) is 9.59 Å². The zero-order chi connectivity index (χ0) is 21.0. The molecule has 0 N–H and O–H groups in total. The second-order valence-electron chi connectivity index (χ2n) is 6.53. The van der Waals surface area contributed by atoms with Gasteiger partial charge in [-0.2, -0.15) is 0 Å². The number of esters is 1. The Morgan fingerprint density at radius 2 is 2.07 bits per heavy atom. The van der Waals surface area contributed by atoms with Crippen LogP contribution in [0, 0.1) is 0 Å². The highest BCUT2D eigenvalue weighted by Crippen LogP contribution is 2.36. The summed E-state index contributed by atoms with van der Waals surface area (Å²) >= 11 is 7.87. The molecular weight excluding hydrogens is 414 g/mol. The van der Waals surface area contributed by atoms with Crippen molar-refractivity contribution in [2.24, 2.45) is 0 Å². The van der Waals surface area contributed by atoms with Crippen LogP contribution in [0.15, 0.2) is 29.7 Å². The topological polar surface area (TPSA) is 65.1 Å². The molecule has 8 heteroatoms. The summed E-state index contributed by atoms with van der Waals surface area (Å²) in [6, 6.07) is 5.37. The van der Waals surface area contributed by atoms with E-state index in [2.05, 4.69) is 0 Å². The smallest absolute Gasteiger partial charge is 0.331 e. The van der Waals surface area contributed by atoms with Crippen molar-refractivity contribution in [3.05, 3.63) is 50.7 Å². The van der Waals surface area contributed by atoms with Crippen LogP contribution in [-0.2, 0) is 27.3 Å². The zero-order valence-electron chi connectivity index (χ0n) is 16.4. The van der Waals surface area contributed by atoms with Crippen LogP contribution in [0.3, 0.4) is 0 Å². The molecule has 1 aromatic heterocycles. The van der Waals surface area contributed by atoms with E-state index in [0.717, 1.165) is 6.42 Å². The van der Waals surface area contributed by atoms with Gasteiger partial charge in [0.2, 0.25) is 0 Å². The van der Waals surface area contributed by atoms with Gasteiger partial charge in [-0.3, -0.25) is 4.79 Å². The molecule has 6 nitrogen and oxygen atoms in total. The van der Waals surface area contributed by atoms with Gasteiger partial charge in [0.25, 0.3) is 5.91 Å². The normalized spacial score (nSPS) is 14.4. The minimum absolute atomic E-state index is 0.197. The van der Waals surface area contributed by atoms with E-state index in [1.807, 2.05) is 11.4 Å². The number of hydrogen-bond donors (Lipinski definition) is 0. The van der Waals surface area contributed by atoms with Gasteiger partial charge in [0.05, 0.1) is 19.2 Å². The van der Waals surface area contributed by atoms with Crippen LogP contribution in [0.5, 0.6) is 11.5 Å². The van der Waals surface area contributed by atoms with Crippen LogP contribution >= 0.6 is 22.9 Å². The number of halogens is 1.